The smallest absolute Gasteiger partial charge is 0.304 e. The molecule has 3 heteroatoms. The molecule has 2 rings (SSSR count). The zero-order valence-corrected chi connectivity index (χ0v) is 9.62. The monoisotopic (exact) mass is 220 g/mol. The van der Waals surface area contributed by atoms with Gasteiger partial charge < -0.3 is 9.84 Å². The van der Waals surface area contributed by atoms with E-state index >= 15 is 0 Å². The predicted octanol–water partition coefficient (Wildman–Crippen LogP) is 2.05. The first-order chi connectivity index (χ1) is 7.53. The number of carbonyl (C=O) groups is 1. The van der Waals surface area contributed by atoms with Gasteiger partial charge in [-0.15, -0.1) is 0 Å². The van der Waals surface area contributed by atoms with Crippen LogP contribution in [0.4, 0.5) is 0 Å². The third-order valence-corrected chi connectivity index (χ3v) is 3.37. The normalized spacial score (nSPS) is 17.9. The molecule has 1 aliphatic heterocycles. The van der Waals surface area contributed by atoms with Crippen LogP contribution < -0.4 is 0 Å². The maximum absolute atomic E-state index is 10.9. The molecule has 0 unspecified atom stereocenters. The summed E-state index contributed by atoms with van der Waals surface area (Å²) in [5.74, 6) is -0.762. The molecular weight excluding hydrogens is 204 g/mol. The van der Waals surface area contributed by atoms with Crippen molar-refractivity contribution in [3.8, 4) is 0 Å². The van der Waals surface area contributed by atoms with Crippen molar-refractivity contribution in [2.75, 3.05) is 13.2 Å². The number of aliphatic carboxylic acids is 1. The highest BCUT2D eigenvalue weighted by molar-refractivity contribution is 5.69. The van der Waals surface area contributed by atoms with E-state index < -0.39 is 5.97 Å². The molecular formula is C13H16O3. The van der Waals surface area contributed by atoms with E-state index in [1.807, 2.05) is 19.1 Å². The SMILES string of the molecule is Cc1ccc(C2(CC(=O)O)COC2)cc1C. The predicted molar refractivity (Wildman–Crippen MR) is 60.7 cm³/mol. The van der Waals surface area contributed by atoms with Gasteiger partial charge in [0.1, 0.15) is 0 Å². The largest absolute Gasteiger partial charge is 0.481 e. The van der Waals surface area contributed by atoms with Crippen LogP contribution in [0.3, 0.4) is 0 Å². The molecule has 1 saturated heterocycles. The van der Waals surface area contributed by atoms with Crippen LogP contribution in [0, 0.1) is 13.8 Å². The van der Waals surface area contributed by atoms with Crippen molar-refractivity contribution in [1.82, 2.24) is 0 Å². The van der Waals surface area contributed by atoms with E-state index in [0.717, 1.165) is 5.56 Å². The Morgan fingerprint density at radius 2 is 2.06 bits per heavy atom. The maximum Gasteiger partial charge on any atom is 0.304 e. The Hall–Kier alpha value is -1.35. The molecule has 0 aromatic heterocycles. The summed E-state index contributed by atoms with van der Waals surface area (Å²) in [5, 5.41) is 8.94. The van der Waals surface area contributed by atoms with E-state index in [4.69, 9.17) is 9.84 Å². The summed E-state index contributed by atoms with van der Waals surface area (Å²) in [6.07, 6.45) is 0.148. The molecule has 0 radical (unpaired) electrons. The molecule has 1 aliphatic rings. The number of rotatable bonds is 3. The van der Waals surface area contributed by atoms with E-state index in [-0.39, 0.29) is 11.8 Å². The van der Waals surface area contributed by atoms with E-state index in [0.29, 0.717) is 13.2 Å². The van der Waals surface area contributed by atoms with Gasteiger partial charge in [-0.05, 0) is 30.5 Å². The summed E-state index contributed by atoms with van der Waals surface area (Å²) in [6.45, 7) is 5.14. The van der Waals surface area contributed by atoms with Crippen molar-refractivity contribution in [2.45, 2.75) is 25.7 Å². The number of carboxylic acid groups (broad SMARTS) is 1. The molecule has 3 nitrogen and oxygen atoms in total. The maximum atomic E-state index is 10.9. The molecule has 1 aromatic rings. The third-order valence-electron chi connectivity index (χ3n) is 3.37. The number of carboxylic acids is 1. The van der Waals surface area contributed by atoms with Gasteiger partial charge in [-0.25, -0.2) is 0 Å². The van der Waals surface area contributed by atoms with Crippen LogP contribution in [-0.4, -0.2) is 24.3 Å². The standard InChI is InChI=1S/C13H16O3/c1-9-3-4-11(5-10(9)2)13(6-12(14)15)7-16-8-13/h3-5H,6-8H2,1-2H3,(H,14,15). The van der Waals surface area contributed by atoms with Crippen LogP contribution in [0.25, 0.3) is 0 Å². The lowest BCUT2D eigenvalue weighted by atomic mass is 9.75. The molecule has 0 saturated carbocycles. The van der Waals surface area contributed by atoms with Gasteiger partial charge >= 0.3 is 5.97 Å². The summed E-state index contributed by atoms with van der Waals surface area (Å²) < 4.78 is 5.20. The number of hydrogen-bond donors (Lipinski definition) is 1. The van der Waals surface area contributed by atoms with Crippen molar-refractivity contribution < 1.29 is 14.6 Å². The quantitative estimate of drug-likeness (QED) is 0.848. The lowest BCUT2D eigenvalue weighted by molar-refractivity contribution is -0.145. The Bertz CT molecular complexity index is 419. The average molecular weight is 220 g/mol. The summed E-state index contributed by atoms with van der Waals surface area (Å²) in [5.41, 5.74) is 3.22. The Morgan fingerprint density at radius 3 is 2.50 bits per heavy atom. The zero-order chi connectivity index (χ0) is 11.8. The molecule has 0 spiro atoms. The fraction of sp³-hybridized carbons (Fsp3) is 0.462. The van der Waals surface area contributed by atoms with E-state index in [1.54, 1.807) is 0 Å². The third kappa shape index (κ3) is 1.83. The van der Waals surface area contributed by atoms with Crippen molar-refractivity contribution in [3.63, 3.8) is 0 Å². The molecule has 16 heavy (non-hydrogen) atoms. The second-order valence-electron chi connectivity index (χ2n) is 4.64. The minimum absolute atomic E-state index is 0.148. The number of benzene rings is 1. The second kappa shape index (κ2) is 3.91. The van der Waals surface area contributed by atoms with Crippen LogP contribution in [-0.2, 0) is 14.9 Å². The van der Waals surface area contributed by atoms with Gasteiger partial charge in [0.2, 0.25) is 0 Å². The number of ether oxygens (including phenoxy) is 1. The van der Waals surface area contributed by atoms with Gasteiger partial charge in [-0.3, -0.25) is 4.79 Å². The minimum atomic E-state index is -0.762. The second-order valence-corrected chi connectivity index (χ2v) is 4.64. The van der Waals surface area contributed by atoms with Crippen molar-refractivity contribution in [1.29, 1.82) is 0 Å². The van der Waals surface area contributed by atoms with Gasteiger partial charge in [0.15, 0.2) is 0 Å². The highest BCUT2D eigenvalue weighted by Gasteiger charge is 2.42. The molecule has 1 heterocycles. The van der Waals surface area contributed by atoms with Gasteiger partial charge in [0.05, 0.1) is 25.0 Å². The minimum Gasteiger partial charge on any atom is -0.481 e. The van der Waals surface area contributed by atoms with Gasteiger partial charge in [0, 0.05) is 0 Å². The lowest BCUT2D eigenvalue weighted by Crippen LogP contribution is -2.48. The number of aryl methyl sites for hydroxylation is 2. The molecule has 0 bridgehead atoms. The number of hydrogen-bond acceptors (Lipinski definition) is 2. The lowest BCUT2D eigenvalue weighted by Gasteiger charge is -2.41. The molecule has 1 aromatic carbocycles. The first kappa shape index (κ1) is 11.1. The van der Waals surface area contributed by atoms with Crippen molar-refractivity contribution in [3.05, 3.63) is 34.9 Å². The first-order valence-electron chi connectivity index (χ1n) is 5.41. The van der Waals surface area contributed by atoms with Crippen molar-refractivity contribution >= 4 is 5.97 Å². The van der Waals surface area contributed by atoms with Crippen molar-refractivity contribution in [2.24, 2.45) is 0 Å². The highest BCUT2D eigenvalue weighted by atomic mass is 16.5. The summed E-state index contributed by atoms with van der Waals surface area (Å²) in [6, 6.07) is 6.15. The van der Waals surface area contributed by atoms with Gasteiger partial charge in [-0.2, -0.15) is 0 Å². The summed E-state index contributed by atoms with van der Waals surface area (Å²) in [4.78, 5) is 10.9. The van der Waals surface area contributed by atoms with E-state index in [1.165, 1.54) is 11.1 Å². The van der Waals surface area contributed by atoms with E-state index in [9.17, 15) is 4.79 Å². The van der Waals surface area contributed by atoms with Crippen LogP contribution in [0.15, 0.2) is 18.2 Å². The summed E-state index contributed by atoms with van der Waals surface area (Å²) in [7, 11) is 0. The molecule has 1 N–H and O–H groups in total. The van der Waals surface area contributed by atoms with Crippen LogP contribution in [0.5, 0.6) is 0 Å². The van der Waals surface area contributed by atoms with E-state index in [2.05, 4.69) is 13.0 Å². The molecule has 0 aliphatic carbocycles. The zero-order valence-electron chi connectivity index (χ0n) is 9.62. The van der Waals surface area contributed by atoms with Crippen LogP contribution >= 0.6 is 0 Å². The fourth-order valence-electron chi connectivity index (χ4n) is 2.08. The fourth-order valence-corrected chi connectivity index (χ4v) is 2.08. The Morgan fingerprint density at radius 1 is 1.38 bits per heavy atom. The Balaban J connectivity index is 2.33. The van der Waals surface area contributed by atoms with Crippen LogP contribution in [0.1, 0.15) is 23.1 Å². The first-order valence-corrected chi connectivity index (χ1v) is 5.41. The molecule has 0 atom stereocenters. The Kier molecular flexibility index (Phi) is 2.72. The summed E-state index contributed by atoms with van der Waals surface area (Å²) >= 11 is 0. The van der Waals surface area contributed by atoms with Gasteiger partial charge in [0.25, 0.3) is 0 Å². The average Bonchev–Trinajstić information content (AvgIpc) is 2.16. The molecule has 0 amide bonds. The molecule has 1 fully saturated rings. The topological polar surface area (TPSA) is 46.5 Å². The molecule has 86 valence electrons. The highest BCUT2D eigenvalue weighted by Crippen LogP contribution is 2.36. The Labute approximate surface area is 95.0 Å². The van der Waals surface area contributed by atoms with Crippen LogP contribution in [0.2, 0.25) is 0 Å². The van der Waals surface area contributed by atoms with Gasteiger partial charge in [-0.1, -0.05) is 18.2 Å².